The molecule has 102 heavy (non-hydrogen) atoms. The highest BCUT2D eigenvalue weighted by atomic mass is 16.8. The topological polar surface area (TPSA) is 239 Å². The third kappa shape index (κ3) is 19.7. The van der Waals surface area contributed by atoms with E-state index in [9.17, 15) is 14.7 Å². The molecule has 6 aromatic carbocycles. The molecule has 4 heterocycles. The Bertz CT molecular complexity index is 3110. The summed E-state index contributed by atoms with van der Waals surface area (Å²) in [5, 5.41) is 11.4. The molecule has 556 valence electrons. The summed E-state index contributed by atoms with van der Waals surface area (Å²) in [7, 11) is 11.7. The Kier molecular flexibility index (Phi) is 31.3. The van der Waals surface area contributed by atoms with Gasteiger partial charge in [-0.1, -0.05) is 203 Å². The summed E-state index contributed by atoms with van der Waals surface area (Å²) in [6.45, 7) is 7.31. The van der Waals surface area contributed by atoms with Crippen LogP contribution in [0, 0.1) is 5.92 Å². The van der Waals surface area contributed by atoms with Crippen molar-refractivity contribution in [1.82, 2.24) is 0 Å². The molecule has 4 saturated heterocycles. The van der Waals surface area contributed by atoms with Gasteiger partial charge in [0.1, 0.15) is 73.2 Å². The third-order valence-corrected chi connectivity index (χ3v) is 19.2. The standard InChI is InChI=1S/C40H52O11.C39H50O12/c1-7-40(39(41)45-6)27(2)32(42-3)35(43-4)38(51-40)50-33-31(26-46-23-28-17-11-8-12-18-28)49-37(44-5)36(48-25-30-21-15-10-16-22-30)34(33)47-24-29-19-13-9-14-20-29;1-6-39(38(41)45-5)35(40)32(42-2)33(43-3)37(51-39)50-30-29(25-46-22-26-16-10-7-11-17-26)49-36(44-4)34(48-24-28-20-14-9-15-21-28)31(30)47-23-27-18-12-8-13-19-27/h8-22,27,31-38H,7,23-26H2,1-6H3;7-21,29-37,40H,6,22-25H2,1-5H3/t27-,31?,32-,33+,34+,35?,36?,37-,38+,40?;29?,30-,31+,32-,33?,34?,35+,36+,37-,39?/m01/s1. The van der Waals surface area contributed by atoms with E-state index >= 15 is 0 Å². The van der Waals surface area contributed by atoms with E-state index in [1.165, 1.54) is 28.4 Å². The molecule has 4 aliphatic rings. The van der Waals surface area contributed by atoms with Crippen molar-refractivity contribution < 1.29 is 109 Å². The highest BCUT2D eigenvalue weighted by Crippen LogP contribution is 2.44. The molecule has 0 bridgehead atoms. The molecule has 4 fully saturated rings. The van der Waals surface area contributed by atoms with E-state index in [1.54, 1.807) is 35.4 Å². The second kappa shape index (κ2) is 40.1. The highest BCUT2D eigenvalue weighted by molar-refractivity contribution is 5.81. The monoisotopic (exact) mass is 1420 g/mol. The lowest BCUT2D eigenvalue weighted by atomic mass is 9.77. The number of rotatable bonds is 34. The molecule has 0 saturated carbocycles. The molecule has 0 radical (unpaired) electrons. The molecule has 0 amide bonds. The first-order valence-electron chi connectivity index (χ1n) is 34.6. The summed E-state index contributed by atoms with van der Waals surface area (Å²) in [4.78, 5) is 26.7. The molecule has 4 aliphatic heterocycles. The zero-order valence-electron chi connectivity index (χ0n) is 60.2. The lowest BCUT2D eigenvalue weighted by molar-refractivity contribution is -0.379. The zero-order chi connectivity index (χ0) is 72.4. The van der Waals surface area contributed by atoms with Gasteiger partial charge in [-0.2, -0.15) is 0 Å². The van der Waals surface area contributed by atoms with Gasteiger partial charge < -0.3 is 99.8 Å². The van der Waals surface area contributed by atoms with Crippen LogP contribution in [-0.4, -0.2) is 203 Å². The van der Waals surface area contributed by atoms with Gasteiger partial charge in [-0.15, -0.1) is 0 Å². The lowest BCUT2D eigenvalue weighted by Crippen LogP contribution is -2.70. The molecule has 1 N–H and O–H groups in total. The molecule has 23 nitrogen and oxygen atoms in total. The van der Waals surface area contributed by atoms with Gasteiger partial charge in [0.2, 0.25) is 0 Å². The van der Waals surface area contributed by atoms with E-state index in [-0.39, 0.29) is 46.1 Å². The number of esters is 2. The fourth-order valence-corrected chi connectivity index (χ4v) is 13.6. The predicted octanol–water partition coefficient (Wildman–Crippen LogP) is 9.67. The van der Waals surface area contributed by atoms with Crippen molar-refractivity contribution in [2.75, 3.05) is 70.1 Å². The van der Waals surface area contributed by atoms with E-state index < -0.39 is 134 Å². The fraction of sp³-hybridized carbons (Fsp3) is 0.519. The van der Waals surface area contributed by atoms with Crippen molar-refractivity contribution in [3.05, 3.63) is 215 Å². The Morgan fingerprint density at radius 2 is 0.647 bits per heavy atom. The Morgan fingerprint density at radius 3 is 0.951 bits per heavy atom. The quantitative estimate of drug-likeness (QED) is 0.0370. The smallest absolute Gasteiger partial charge is 0.341 e. The van der Waals surface area contributed by atoms with E-state index in [1.807, 2.05) is 196 Å². The van der Waals surface area contributed by atoms with Gasteiger partial charge in [0.15, 0.2) is 36.4 Å². The summed E-state index contributed by atoms with van der Waals surface area (Å²) < 4.78 is 125. The molecular formula is C79H102O23. The number of hydrogen-bond acceptors (Lipinski definition) is 23. The molecule has 10 rings (SSSR count). The first-order chi connectivity index (χ1) is 49.8. The summed E-state index contributed by atoms with van der Waals surface area (Å²) in [6, 6.07) is 58.8. The number of methoxy groups -OCH3 is 8. The normalized spacial score (nSPS) is 30.9. The van der Waals surface area contributed by atoms with Gasteiger partial charge >= 0.3 is 11.9 Å². The van der Waals surface area contributed by atoms with Crippen LogP contribution in [0.4, 0.5) is 0 Å². The van der Waals surface area contributed by atoms with Crippen molar-refractivity contribution in [2.45, 2.75) is 189 Å². The first kappa shape index (κ1) is 79.6. The van der Waals surface area contributed by atoms with Crippen molar-refractivity contribution in [3.8, 4) is 0 Å². The molecule has 8 unspecified atom stereocenters. The first-order valence-corrected chi connectivity index (χ1v) is 34.6. The number of benzene rings is 6. The van der Waals surface area contributed by atoms with E-state index in [0.29, 0.717) is 19.6 Å². The number of hydrogen-bond donors (Lipinski definition) is 1. The van der Waals surface area contributed by atoms with E-state index in [2.05, 4.69) is 0 Å². The van der Waals surface area contributed by atoms with Crippen LogP contribution in [0.1, 0.15) is 67.0 Å². The van der Waals surface area contributed by atoms with Crippen LogP contribution in [0.3, 0.4) is 0 Å². The van der Waals surface area contributed by atoms with Crippen LogP contribution in [-0.2, 0) is 144 Å². The van der Waals surface area contributed by atoms with Gasteiger partial charge in [-0.05, 0) is 46.2 Å². The van der Waals surface area contributed by atoms with Gasteiger partial charge in [-0.25, -0.2) is 9.59 Å². The Hall–Kier alpha value is -6.50. The number of carbonyl (C=O) groups is 2. The third-order valence-electron chi connectivity index (χ3n) is 19.2. The maximum absolute atomic E-state index is 13.4. The molecule has 0 spiro atoms. The minimum atomic E-state index is -1.82. The highest BCUT2D eigenvalue weighted by Gasteiger charge is 2.63. The van der Waals surface area contributed by atoms with Crippen molar-refractivity contribution in [2.24, 2.45) is 5.92 Å². The largest absolute Gasteiger partial charge is 0.467 e. The Labute approximate surface area is 599 Å². The van der Waals surface area contributed by atoms with Crippen molar-refractivity contribution >= 4 is 11.9 Å². The molecule has 6 aromatic rings. The molecule has 0 aromatic heterocycles. The Balaban J connectivity index is 0.000000237. The van der Waals surface area contributed by atoms with Crippen LogP contribution >= 0.6 is 0 Å². The van der Waals surface area contributed by atoms with Crippen LogP contribution < -0.4 is 0 Å². The van der Waals surface area contributed by atoms with Gasteiger partial charge in [0.25, 0.3) is 0 Å². The minimum absolute atomic E-state index is 0.0598. The van der Waals surface area contributed by atoms with Crippen LogP contribution in [0.15, 0.2) is 182 Å². The van der Waals surface area contributed by atoms with Gasteiger partial charge in [-0.3, -0.25) is 0 Å². The average molecular weight is 1420 g/mol. The maximum Gasteiger partial charge on any atom is 0.341 e. The zero-order valence-corrected chi connectivity index (χ0v) is 60.2. The second-order valence-corrected chi connectivity index (χ2v) is 25.3. The second-order valence-electron chi connectivity index (χ2n) is 25.3. The summed E-state index contributed by atoms with van der Waals surface area (Å²) in [5.41, 5.74) is 2.60. The lowest BCUT2D eigenvalue weighted by Gasteiger charge is -2.52. The number of aliphatic hydroxyl groups is 1. The summed E-state index contributed by atoms with van der Waals surface area (Å²) >= 11 is 0. The van der Waals surface area contributed by atoms with Crippen LogP contribution in [0.25, 0.3) is 0 Å². The predicted molar refractivity (Wildman–Crippen MR) is 372 cm³/mol. The van der Waals surface area contributed by atoms with Gasteiger partial charge in [0.05, 0.1) is 73.2 Å². The minimum Gasteiger partial charge on any atom is -0.467 e. The molecule has 0 aliphatic carbocycles. The van der Waals surface area contributed by atoms with Crippen LogP contribution in [0.5, 0.6) is 0 Å². The Morgan fingerprint density at radius 1 is 0.353 bits per heavy atom. The van der Waals surface area contributed by atoms with Crippen molar-refractivity contribution in [3.63, 3.8) is 0 Å². The van der Waals surface area contributed by atoms with E-state index in [0.717, 1.165) is 33.4 Å². The molecule has 23 heteroatoms. The molecular weight excluding hydrogens is 1320 g/mol. The number of ether oxygens (including phenoxy) is 20. The number of carbonyl (C=O) groups excluding carboxylic acids is 2. The van der Waals surface area contributed by atoms with Crippen LogP contribution in [0.2, 0.25) is 0 Å². The van der Waals surface area contributed by atoms with Gasteiger partial charge in [0, 0.05) is 48.6 Å². The fourth-order valence-electron chi connectivity index (χ4n) is 13.6. The van der Waals surface area contributed by atoms with Crippen molar-refractivity contribution in [1.29, 1.82) is 0 Å². The number of aliphatic hydroxyl groups excluding tert-OH is 1. The molecule has 20 atom stereocenters. The van der Waals surface area contributed by atoms with E-state index in [4.69, 9.17) is 94.7 Å². The SMILES string of the molecule is CCC1(C(=O)OC)O[C@@H](O[C@@H]2C(COCc3ccccc3)O[C@H](OC)C(OCc3ccccc3)[C@@H]2OCc2ccccc2)C(OC)[C@@H](OC)[C@@H]1C.CCC1(C(=O)OC)O[C@@H](O[C@@H]2C(COCc3ccccc3)O[C@H](OC)C(OCc3ccccc3)[C@H]2OCc2ccccc2)C(OC)[C@@H](OC)[C@@H]1O. The summed E-state index contributed by atoms with van der Waals surface area (Å²) in [6.07, 6.45) is -14.8. The maximum atomic E-state index is 13.4. The summed E-state index contributed by atoms with van der Waals surface area (Å²) in [5.74, 6) is -1.72. The average Bonchev–Trinajstić information content (AvgIpc) is 0.754.